The van der Waals surface area contributed by atoms with E-state index in [1.54, 1.807) is 13.8 Å². The van der Waals surface area contributed by atoms with Crippen molar-refractivity contribution < 1.29 is 12.8 Å². The molecule has 0 radical (unpaired) electrons. The SMILES string of the molecule is Cc1cc(C)c(S(=O)(=O)Cc2ccc(F)nc2)c(C)c1. The van der Waals surface area contributed by atoms with Gasteiger partial charge in [-0.15, -0.1) is 0 Å². The number of pyridine rings is 1. The number of aromatic nitrogens is 1. The van der Waals surface area contributed by atoms with Crippen LogP contribution in [0.1, 0.15) is 22.3 Å². The molecule has 2 rings (SSSR count). The average Bonchev–Trinajstić information content (AvgIpc) is 2.30. The Kier molecular flexibility index (Phi) is 3.90. The second kappa shape index (κ2) is 5.32. The molecular weight excluding hydrogens is 277 g/mol. The minimum atomic E-state index is -3.47. The van der Waals surface area contributed by atoms with E-state index < -0.39 is 15.8 Å². The lowest BCUT2D eigenvalue weighted by atomic mass is 10.1. The van der Waals surface area contributed by atoms with Crippen LogP contribution >= 0.6 is 0 Å². The quantitative estimate of drug-likeness (QED) is 0.817. The number of rotatable bonds is 3. The molecule has 0 aliphatic heterocycles. The summed E-state index contributed by atoms with van der Waals surface area (Å²) in [4.78, 5) is 3.84. The molecule has 0 N–H and O–H groups in total. The molecule has 0 aliphatic carbocycles. The maximum atomic E-state index is 12.8. The fraction of sp³-hybridized carbons (Fsp3) is 0.267. The fourth-order valence-corrected chi connectivity index (χ4v) is 4.29. The largest absolute Gasteiger partial charge is 0.228 e. The highest BCUT2D eigenvalue weighted by molar-refractivity contribution is 7.90. The molecule has 0 saturated heterocycles. The van der Waals surface area contributed by atoms with Gasteiger partial charge in [-0.05, 0) is 43.5 Å². The summed E-state index contributed by atoms with van der Waals surface area (Å²) >= 11 is 0. The van der Waals surface area contributed by atoms with Crippen LogP contribution in [-0.4, -0.2) is 13.4 Å². The first-order valence-electron chi connectivity index (χ1n) is 6.20. The van der Waals surface area contributed by atoms with Gasteiger partial charge in [-0.2, -0.15) is 4.39 Å². The van der Waals surface area contributed by atoms with E-state index in [-0.39, 0.29) is 5.75 Å². The standard InChI is InChI=1S/C15H16FNO2S/c1-10-6-11(2)15(12(3)7-10)20(18,19)9-13-4-5-14(16)17-8-13/h4-8H,9H2,1-3H3. The first-order valence-corrected chi connectivity index (χ1v) is 7.86. The van der Waals surface area contributed by atoms with Crippen molar-refractivity contribution in [3.8, 4) is 0 Å². The van der Waals surface area contributed by atoms with Crippen LogP contribution in [0.5, 0.6) is 0 Å². The van der Waals surface area contributed by atoms with E-state index in [0.29, 0.717) is 10.5 Å². The third kappa shape index (κ3) is 3.04. The topological polar surface area (TPSA) is 47.0 Å². The summed E-state index contributed by atoms with van der Waals surface area (Å²) in [5.74, 6) is -0.792. The molecule has 0 bridgehead atoms. The molecule has 2 aromatic rings. The zero-order chi connectivity index (χ0) is 14.9. The van der Waals surface area contributed by atoms with Crippen molar-refractivity contribution in [3.63, 3.8) is 0 Å². The predicted molar refractivity (Wildman–Crippen MR) is 75.7 cm³/mol. The van der Waals surface area contributed by atoms with Gasteiger partial charge in [0.05, 0.1) is 10.6 Å². The molecule has 0 amide bonds. The molecule has 1 aromatic carbocycles. The van der Waals surface area contributed by atoms with Gasteiger partial charge in [-0.3, -0.25) is 0 Å². The smallest absolute Gasteiger partial charge is 0.212 e. The number of hydrogen-bond donors (Lipinski definition) is 0. The lowest BCUT2D eigenvalue weighted by molar-refractivity contribution is 0.580. The average molecular weight is 293 g/mol. The summed E-state index contributed by atoms with van der Waals surface area (Å²) in [5, 5.41) is 0. The maximum absolute atomic E-state index is 12.8. The maximum Gasteiger partial charge on any atom is 0.212 e. The summed E-state index contributed by atoms with van der Waals surface area (Å²) in [6, 6.07) is 6.31. The number of sulfone groups is 1. The van der Waals surface area contributed by atoms with Gasteiger partial charge in [-0.25, -0.2) is 13.4 Å². The van der Waals surface area contributed by atoms with Crippen LogP contribution in [0, 0.1) is 26.7 Å². The van der Waals surface area contributed by atoms with Crippen molar-refractivity contribution in [2.24, 2.45) is 0 Å². The number of aryl methyl sites for hydroxylation is 3. The van der Waals surface area contributed by atoms with E-state index in [9.17, 15) is 12.8 Å². The first kappa shape index (κ1) is 14.7. The van der Waals surface area contributed by atoms with Crippen molar-refractivity contribution in [1.82, 2.24) is 4.98 Å². The highest BCUT2D eigenvalue weighted by atomic mass is 32.2. The van der Waals surface area contributed by atoms with E-state index in [2.05, 4.69) is 4.98 Å². The van der Waals surface area contributed by atoms with Gasteiger partial charge >= 0.3 is 0 Å². The third-order valence-corrected chi connectivity index (χ3v) is 5.04. The van der Waals surface area contributed by atoms with Crippen molar-refractivity contribution in [2.45, 2.75) is 31.4 Å². The number of hydrogen-bond acceptors (Lipinski definition) is 3. The molecule has 0 unspecified atom stereocenters. The summed E-state index contributed by atoms with van der Waals surface area (Å²) in [6.07, 6.45) is 1.26. The van der Waals surface area contributed by atoms with E-state index in [4.69, 9.17) is 0 Å². The number of benzene rings is 1. The minimum Gasteiger partial charge on any atom is -0.228 e. The monoisotopic (exact) mass is 293 g/mol. The Morgan fingerprint density at radius 3 is 2.20 bits per heavy atom. The Morgan fingerprint density at radius 1 is 1.10 bits per heavy atom. The lowest BCUT2D eigenvalue weighted by Gasteiger charge is -2.12. The van der Waals surface area contributed by atoms with Crippen LogP contribution < -0.4 is 0 Å². The Balaban J connectivity index is 2.43. The Labute approximate surface area is 118 Å². The minimum absolute atomic E-state index is 0.176. The van der Waals surface area contributed by atoms with Gasteiger partial charge < -0.3 is 0 Å². The summed E-state index contributed by atoms with van der Waals surface area (Å²) in [5.41, 5.74) is 2.98. The molecule has 106 valence electrons. The van der Waals surface area contributed by atoms with Crippen molar-refractivity contribution in [1.29, 1.82) is 0 Å². The second-order valence-electron chi connectivity index (χ2n) is 4.98. The zero-order valence-electron chi connectivity index (χ0n) is 11.6. The summed E-state index contributed by atoms with van der Waals surface area (Å²) < 4.78 is 37.8. The molecule has 20 heavy (non-hydrogen) atoms. The van der Waals surface area contributed by atoms with Crippen LogP contribution in [0.4, 0.5) is 4.39 Å². The second-order valence-corrected chi connectivity index (χ2v) is 6.90. The fourth-order valence-electron chi connectivity index (χ4n) is 2.44. The van der Waals surface area contributed by atoms with Gasteiger partial charge in [-0.1, -0.05) is 23.8 Å². The molecule has 0 spiro atoms. The highest BCUT2D eigenvalue weighted by Crippen LogP contribution is 2.25. The van der Waals surface area contributed by atoms with E-state index in [0.717, 1.165) is 16.7 Å². The van der Waals surface area contributed by atoms with E-state index >= 15 is 0 Å². The zero-order valence-corrected chi connectivity index (χ0v) is 12.5. The lowest BCUT2D eigenvalue weighted by Crippen LogP contribution is -2.09. The van der Waals surface area contributed by atoms with Gasteiger partial charge in [0.2, 0.25) is 5.95 Å². The number of nitrogens with zero attached hydrogens (tertiary/aromatic N) is 1. The third-order valence-electron chi connectivity index (χ3n) is 3.06. The van der Waals surface area contributed by atoms with Crippen LogP contribution in [0.25, 0.3) is 0 Å². The van der Waals surface area contributed by atoms with E-state index in [1.165, 1.54) is 18.3 Å². The summed E-state index contributed by atoms with van der Waals surface area (Å²) in [6.45, 7) is 5.51. The molecule has 3 nitrogen and oxygen atoms in total. The highest BCUT2D eigenvalue weighted by Gasteiger charge is 2.20. The van der Waals surface area contributed by atoms with Gasteiger partial charge in [0.1, 0.15) is 0 Å². The van der Waals surface area contributed by atoms with Crippen LogP contribution in [0.15, 0.2) is 35.4 Å². The summed E-state index contributed by atoms with van der Waals surface area (Å²) in [7, 11) is -3.47. The Hall–Kier alpha value is -1.75. The molecule has 1 aromatic heterocycles. The van der Waals surface area contributed by atoms with Gasteiger partial charge in [0, 0.05) is 6.20 Å². The normalized spacial score (nSPS) is 11.6. The van der Waals surface area contributed by atoms with Crippen LogP contribution in [-0.2, 0) is 15.6 Å². The Morgan fingerprint density at radius 2 is 1.70 bits per heavy atom. The molecule has 0 atom stereocenters. The molecule has 5 heteroatoms. The van der Waals surface area contributed by atoms with Gasteiger partial charge in [0.25, 0.3) is 0 Å². The van der Waals surface area contributed by atoms with E-state index in [1.807, 2.05) is 19.1 Å². The van der Waals surface area contributed by atoms with Crippen LogP contribution in [0.3, 0.4) is 0 Å². The Bertz CT molecular complexity index is 714. The number of halogens is 1. The molecular formula is C15H16FNO2S. The van der Waals surface area contributed by atoms with Crippen LogP contribution in [0.2, 0.25) is 0 Å². The van der Waals surface area contributed by atoms with Gasteiger partial charge in [0.15, 0.2) is 9.84 Å². The van der Waals surface area contributed by atoms with Crippen molar-refractivity contribution in [2.75, 3.05) is 0 Å². The van der Waals surface area contributed by atoms with Crippen molar-refractivity contribution in [3.05, 3.63) is 58.7 Å². The molecule has 0 saturated carbocycles. The molecule has 1 heterocycles. The first-order chi connectivity index (χ1) is 9.29. The van der Waals surface area contributed by atoms with Crippen molar-refractivity contribution >= 4 is 9.84 Å². The predicted octanol–water partition coefficient (Wildman–Crippen LogP) is 3.12. The molecule has 0 fully saturated rings. The molecule has 0 aliphatic rings.